The van der Waals surface area contributed by atoms with E-state index in [9.17, 15) is 24.9 Å². The topological polar surface area (TPSA) is 150 Å². The highest BCUT2D eigenvalue weighted by molar-refractivity contribution is 5.66. The summed E-state index contributed by atoms with van der Waals surface area (Å²) in [5.74, 6) is -1.07. The van der Waals surface area contributed by atoms with Gasteiger partial charge < -0.3 is 43.7 Å². The molecule has 3 saturated heterocycles. The predicted octanol–water partition coefficient (Wildman–Crippen LogP) is 4.26. The number of fused-ring (bicyclic) bond motifs is 4. The van der Waals surface area contributed by atoms with Gasteiger partial charge in [-0.25, -0.2) is 0 Å². The Morgan fingerprint density at radius 1 is 0.880 bits per heavy atom. The third kappa shape index (κ3) is 4.29. The van der Waals surface area contributed by atoms with Crippen LogP contribution in [0.3, 0.4) is 0 Å². The van der Waals surface area contributed by atoms with E-state index in [4.69, 9.17) is 28.4 Å². The molecular formula is C39H60O11. The van der Waals surface area contributed by atoms with Crippen molar-refractivity contribution >= 4 is 11.9 Å². The molecule has 0 radical (unpaired) electrons. The minimum atomic E-state index is -1.29. The molecule has 2 bridgehead atoms. The Labute approximate surface area is 296 Å². The minimum absolute atomic E-state index is 0.0178. The summed E-state index contributed by atoms with van der Waals surface area (Å²) in [6, 6.07) is 0. The number of aliphatic hydroxyl groups excluding tert-OH is 3. The van der Waals surface area contributed by atoms with Crippen LogP contribution in [-0.2, 0) is 38.0 Å². The van der Waals surface area contributed by atoms with E-state index in [0.717, 1.165) is 51.4 Å². The molecule has 11 heteroatoms. The van der Waals surface area contributed by atoms with Crippen molar-refractivity contribution in [2.24, 2.45) is 50.7 Å². The van der Waals surface area contributed by atoms with Gasteiger partial charge in [-0.1, -0.05) is 34.6 Å². The Kier molecular flexibility index (Phi) is 7.76. The molecule has 8 rings (SSSR count). The van der Waals surface area contributed by atoms with Gasteiger partial charge in [-0.3, -0.25) is 9.59 Å². The first-order chi connectivity index (χ1) is 23.2. The number of carbonyl (C=O) groups excluding carboxylic acids is 2. The van der Waals surface area contributed by atoms with Crippen LogP contribution in [0.2, 0.25) is 0 Å². The minimum Gasteiger partial charge on any atom is -0.457 e. The van der Waals surface area contributed by atoms with Crippen molar-refractivity contribution in [2.75, 3.05) is 6.61 Å². The van der Waals surface area contributed by atoms with Gasteiger partial charge in [0.15, 0.2) is 18.2 Å². The summed E-state index contributed by atoms with van der Waals surface area (Å²) in [4.78, 5) is 24.0. The first-order valence-electron chi connectivity index (χ1n) is 19.3. The Morgan fingerprint density at radius 2 is 1.56 bits per heavy atom. The normalized spacial score (nSPS) is 55.8. The average molecular weight is 705 g/mol. The molecule has 5 saturated carbocycles. The number of aliphatic hydroxyl groups is 3. The lowest BCUT2D eigenvalue weighted by Gasteiger charge is -2.63. The highest BCUT2D eigenvalue weighted by Gasteiger charge is 2.88. The van der Waals surface area contributed by atoms with Crippen LogP contribution in [0.15, 0.2) is 0 Å². The maximum atomic E-state index is 12.9. The van der Waals surface area contributed by atoms with Gasteiger partial charge in [-0.2, -0.15) is 0 Å². The zero-order valence-corrected chi connectivity index (χ0v) is 31.4. The van der Waals surface area contributed by atoms with Gasteiger partial charge in [0.05, 0.1) is 18.8 Å². The van der Waals surface area contributed by atoms with Crippen LogP contribution in [0.4, 0.5) is 0 Å². The lowest BCUT2D eigenvalue weighted by atomic mass is 9.41. The molecule has 3 N–H and O–H groups in total. The van der Waals surface area contributed by atoms with E-state index in [2.05, 4.69) is 34.6 Å². The summed E-state index contributed by atoms with van der Waals surface area (Å²) in [7, 11) is 0. The molecule has 17 atom stereocenters. The molecule has 282 valence electrons. The summed E-state index contributed by atoms with van der Waals surface area (Å²) in [5, 5.41) is 33.8. The molecule has 3 heterocycles. The second-order valence-electron chi connectivity index (χ2n) is 19.4. The molecule has 0 aromatic heterocycles. The van der Waals surface area contributed by atoms with Gasteiger partial charge in [-0.05, 0) is 105 Å². The standard InChI is InChI=1S/C39H60O11/c1-19-16-23-30(34(6,7)48-21(3)41)50-39(49-23)29(19)35(8)14-15-38-18-37(38)13-12-26(47-31-28(46-20(2)40)27(43)22(42)17-45-31)33(4,5)24(37)10-11-25(38)36(35,9)32(39)44/h19,22-32,42-44H,10-18H2,1-9H3. The quantitative estimate of drug-likeness (QED) is 0.278. The van der Waals surface area contributed by atoms with E-state index >= 15 is 0 Å². The van der Waals surface area contributed by atoms with Gasteiger partial charge in [0, 0.05) is 25.2 Å². The Hall–Kier alpha value is -1.34. The number of esters is 2. The number of ether oxygens (including phenoxy) is 6. The molecule has 11 nitrogen and oxygen atoms in total. The van der Waals surface area contributed by atoms with Crippen LogP contribution < -0.4 is 0 Å². The molecule has 5 aliphatic carbocycles. The fourth-order valence-corrected chi connectivity index (χ4v) is 14.7. The fourth-order valence-electron chi connectivity index (χ4n) is 14.7. The average Bonchev–Trinajstić information content (AvgIpc) is 3.53. The lowest BCUT2D eigenvalue weighted by Crippen LogP contribution is -2.61. The van der Waals surface area contributed by atoms with E-state index in [-0.39, 0.29) is 58.3 Å². The second-order valence-corrected chi connectivity index (χ2v) is 19.4. The van der Waals surface area contributed by atoms with Crippen molar-refractivity contribution in [3.8, 4) is 0 Å². The number of carbonyl (C=O) groups is 2. The SMILES string of the molecule is CC(=O)OC1C(OC2CCC34CC35CCC3(C)C6C(C)CC7OC6(OC7C(C)(C)OC(C)=O)C(O)C3(C)C5CCC4C2(C)C)OCC(O)C1O. The van der Waals surface area contributed by atoms with Gasteiger partial charge in [-0.15, -0.1) is 0 Å². The van der Waals surface area contributed by atoms with Gasteiger partial charge in [0.1, 0.15) is 30.0 Å². The third-order valence-corrected chi connectivity index (χ3v) is 16.6. The molecule has 3 spiro atoms. The van der Waals surface area contributed by atoms with Gasteiger partial charge in [0.2, 0.25) is 0 Å². The molecular weight excluding hydrogens is 644 g/mol. The van der Waals surface area contributed by atoms with E-state index in [1.807, 2.05) is 13.8 Å². The first-order valence-corrected chi connectivity index (χ1v) is 19.3. The second kappa shape index (κ2) is 10.9. The summed E-state index contributed by atoms with van der Waals surface area (Å²) < 4.78 is 37.7. The van der Waals surface area contributed by atoms with Crippen molar-refractivity contribution in [1.29, 1.82) is 0 Å². The van der Waals surface area contributed by atoms with Crippen molar-refractivity contribution in [3.05, 3.63) is 0 Å². The molecule has 3 aliphatic heterocycles. The van der Waals surface area contributed by atoms with E-state index in [0.29, 0.717) is 11.8 Å². The summed E-state index contributed by atoms with van der Waals surface area (Å²) in [6.07, 6.45) is 1.64. The van der Waals surface area contributed by atoms with Crippen molar-refractivity contribution in [2.45, 2.75) is 174 Å². The molecule has 50 heavy (non-hydrogen) atoms. The molecule has 0 amide bonds. The highest BCUT2D eigenvalue weighted by Crippen LogP contribution is 2.90. The molecule has 8 aliphatic rings. The van der Waals surface area contributed by atoms with Gasteiger partial charge in [0.25, 0.3) is 0 Å². The molecule has 0 aromatic carbocycles. The van der Waals surface area contributed by atoms with E-state index < -0.39 is 59.6 Å². The van der Waals surface area contributed by atoms with Crippen molar-refractivity contribution in [3.63, 3.8) is 0 Å². The smallest absolute Gasteiger partial charge is 0.303 e. The van der Waals surface area contributed by atoms with Crippen LogP contribution in [0.5, 0.6) is 0 Å². The van der Waals surface area contributed by atoms with E-state index in [1.54, 1.807) is 0 Å². The largest absolute Gasteiger partial charge is 0.457 e. The van der Waals surface area contributed by atoms with Crippen LogP contribution in [0, 0.1) is 50.7 Å². The lowest BCUT2D eigenvalue weighted by molar-refractivity contribution is -0.305. The summed E-state index contributed by atoms with van der Waals surface area (Å²) in [6.45, 7) is 18.0. The maximum absolute atomic E-state index is 12.9. The Balaban J connectivity index is 1.08. The third-order valence-electron chi connectivity index (χ3n) is 16.6. The van der Waals surface area contributed by atoms with Crippen LogP contribution in [0.1, 0.15) is 114 Å². The number of hydrogen-bond acceptors (Lipinski definition) is 11. The zero-order valence-electron chi connectivity index (χ0n) is 31.4. The number of hydrogen-bond donors (Lipinski definition) is 3. The Bertz CT molecular complexity index is 1430. The zero-order chi connectivity index (χ0) is 36.2. The molecule has 8 fully saturated rings. The van der Waals surface area contributed by atoms with Crippen LogP contribution in [0.25, 0.3) is 0 Å². The summed E-state index contributed by atoms with van der Waals surface area (Å²) in [5.41, 5.74) is -1.51. The summed E-state index contributed by atoms with van der Waals surface area (Å²) >= 11 is 0. The van der Waals surface area contributed by atoms with Crippen molar-refractivity contribution in [1.82, 2.24) is 0 Å². The van der Waals surface area contributed by atoms with Crippen molar-refractivity contribution < 1.29 is 53.3 Å². The monoisotopic (exact) mass is 704 g/mol. The van der Waals surface area contributed by atoms with Crippen LogP contribution in [-0.4, -0.2) is 94.3 Å². The maximum Gasteiger partial charge on any atom is 0.303 e. The van der Waals surface area contributed by atoms with E-state index in [1.165, 1.54) is 13.8 Å². The first kappa shape index (κ1) is 35.7. The van der Waals surface area contributed by atoms with Crippen LogP contribution >= 0.6 is 0 Å². The Morgan fingerprint density at radius 3 is 2.24 bits per heavy atom. The fraction of sp³-hybridized carbons (Fsp3) is 0.949. The highest BCUT2D eigenvalue weighted by atomic mass is 16.8. The predicted molar refractivity (Wildman–Crippen MR) is 178 cm³/mol. The van der Waals surface area contributed by atoms with Gasteiger partial charge >= 0.3 is 11.9 Å². The number of rotatable bonds is 5. The molecule has 17 unspecified atom stereocenters. The molecule has 0 aromatic rings.